The summed E-state index contributed by atoms with van der Waals surface area (Å²) in [4.78, 5) is 2.73. The van der Waals surface area contributed by atoms with Crippen molar-refractivity contribution in [1.82, 2.24) is 9.13 Å². The molecular weight excluding hydrogens is 974 g/mol. The molecule has 10 aromatic carbocycles. The van der Waals surface area contributed by atoms with Gasteiger partial charge in [0, 0.05) is 64.7 Å². The van der Waals surface area contributed by atoms with Crippen LogP contribution >= 0.6 is 11.3 Å². The molecule has 5 heterocycles. The predicted octanol–water partition coefficient (Wildman–Crippen LogP) is 18.4. The fraction of sp³-hybridized carbons (Fsp3) is 0.162. The van der Waals surface area contributed by atoms with Crippen molar-refractivity contribution >= 4 is 105 Å². The van der Waals surface area contributed by atoms with Crippen LogP contribution in [0.4, 0.5) is 17.1 Å². The molecule has 5 heteroatoms. The second-order valence-electron chi connectivity index (χ2n) is 25.1. The van der Waals surface area contributed by atoms with Crippen LogP contribution < -0.4 is 20.6 Å². The highest BCUT2D eigenvalue weighted by Gasteiger charge is 2.46. The topological polar surface area (TPSA) is 13.1 Å². The highest BCUT2D eigenvalue weighted by atomic mass is 32.1. The van der Waals surface area contributed by atoms with Crippen LogP contribution in [0, 0.1) is 0 Å². The van der Waals surface area contributed by atoms with Gasteiger partial charge in [0.1, 0.15) is 0 Å². The number of hydrogen-bond acceptors (Lipinski definition) is 2. The fourth-order valence-electron chi connectivity index (χ4n) is 14.3. The lowest BCUT2D eigenvalue weighted by Crippen LogP contribution is -2.59. The van der Waals surface area contributed by atoms with Gasteiger partial charge in [-0.3, -0.25) is 0 Å². The lowest BCUT2D eigenvalue weighted by atomic mass is 9.36. The Hall–Kier alpha value is -8.38. The zero-order valence-corrected chi connectivity index (χ0v) is 46.8. The number of aromatic nitrogens is 2. The molecule has 0 unspecified atom stereocenters. The maximum absolute atomic E-state index is 2.73. The second-order valence-corrected chi connectivity index (χ2v) is 26.2. The average Bonchev–Trinajstić information content (AvgIpc) is 2.47. The quantitative estimate of drug-likeness (QED) is 0.157. The van der Waals surface area contributed by atoms with Crippen molar-refractivity contribution < 1.29 is 0 Å². The minimum Gasteiger partial charge on any atom is -0.310 e. The molecule has 3 nitrogen and oxygen atoms in total. The van der Waals surface area contributed by atoms with E-state index in [2.05, 4.69) is 275 Å². The molecule has 0 atom stereocenters. The molecule has 3 aromatic heterocycles. The van der Waals surface area contributed by atoms with Crippen molar-refractivity contribution in [3.05, 3.63) is 229 Å². The molecule has 0 saturated carbocycles. The van der Waals surface area contributed by atoms with Gasteiger partial charge < -0.3 is 14.0 Å². The summed E-state index contributed by atoms with van der Waals surface area (Å²) >= 11 is 2.00. The first-order chi connectivity index (χ1) is 38.3. The molecule has 0 spiro atoms. The molecule has 16 rings (SSSR count). The number of hydrogen-bond donors (Lipinski definition) is 0. The summed E-state index contributed by atoms with van der Waals surface area (Å²) in [5.74, 6) is 0. The summed E-state index contributed by atoms with van der Waals surface area (Å²) in [6, 6.07) is 81.2. The van der Waals surface area contributed by atoms with Gasteiger partial charge in [0.2, 0.25) is 0 Å². The van der Waals surface area contributed by atoms with Gasteiger partial charge in [0.15, 0.2) is 0 Å². The van der Waals surface area contributed by atoms with Gasteiger partial charge in [0.25, 0.3) is 6.71 Å². The smallest absolute Gasteiger partial charge is 0.264 e. The SMILES string of the molecule is CC(C)(C)c1ccc2sc3c(c2c1)N(c1ccc2c(c1)C(C)(C)CCC2(C)C)c1cc(-c2cc(-c4ccccc4)cc(-c4ccccc4)c2)cc2c1B3c1cccc3c4ccc5c(c6ccccc6n5-c5ccccc5)c4n-2c13. The van der Waals surface area contributed by atoms with Crippen molar-refractivity contribution in [2.75, 3.05) is 4.90 Å². The molecule has 0 amide bonds. The molecule has 0 fully saturated rings. The molecule has 79 heavy (non-hydrogen) atoms. The number of nitrogens with zero attached hydrogens (tertiary/aromatic N) is 3. The molecule has 0 radical (unpaired) electrons. The van der Waals surface area contributed by atoms with E-state index in [4.69, 9.17) is 0 Å². The van der Waals surface area contributed by atoms with Crippen molar-refractivity contribution in [3.8, 4) is 44.8 Å². The van der Waals surface area contributed by atoms with Crippen LogP contribution in [0.3, 0.4) is 0 Å². The van der Waals surface area contributed by atoms with Crippen molar-refractivity contribution in [2.45, 2.75) is 77.6 Å². The van der Waals surface area contributed by atoms with Gasteiger partial charge in [-0.2, -0.15) is 0 Å². The van der Waals surface area contributed by atoms with E-state index >= 15 is 0 Å². The average molecular weight is 1030 g/mol. The number of benzene rings is 10. The number of para-hydroxylation sites is 3. The third kappa shape index (κ3) is 6.79. The number of fused-ring (bicyclic) bond motifs is 14. The summed E-state index contributed by atoms with van der Waals surface area (Å²) in [7, 11) is 0. The van der Waals surface area contributed by atoms with Crippen LogP contribution in [0.1, 0.15) is 78.0 Å². The normalized spacial score (nSPS) is 15.1. The van der Waals surface area contributed by atoms with E-state index in [1.807, 2.05) is 11.3 Å². The van der Waals surface area contributed by atoms with Crippen LogP contribution in [-0.4, -0.2) is 15.8 Å². The Bertz CT molecular complexity index is 4640. The first kappa shape index (κ1) is 46.7. The molecule has 0 bridgehead atoms. The van der Waals surface area contributed by atoms with Crippen molar-refractivity contribution in [2.24, 2.45) is 0 Å². The summed E-state index contributed by atoms with van der Waals surface area (Å²) < 4.78 is 7.93. The number of thiophene rings is 1. The summed E-state index contributed by atoms with van der Waals surface area (Å²) in [5, 5.41) is 6.43. The lowest BCUT2D eigenvalue weighted by Gasteiger charge is -2.43. The van der Waals surface area contributed by atoms with E-state index in [1.54, 1.807) is 0 Å². The maximum Gasteiger partial charge on any atom is 0.264 e. The monoisotopic (exact) mass is 1030 g/mol. The first-order valence-electron chi connectivity index (χ1n) is 28.3. The first-order valence-corrected chi connectivity index (χ1v) is 29.1. The Morgan fingerprint density at radius 1 is 0.443 bits per heavy atom. The Kier molecular flexibility index (Phi) is 9.80. The molecule has 380 valence electrons. The second kappa shape index (κ2) is 16.6. The Labute approximate surface area is 467 Å². The largest absolute Gasteiger partial charge is 0.310 e. The zero-order valence-electron chi connectivity index (χ0n) is 45.9. The zero-order chi connectivity index (χ0) is 53.3. The molecule has 1 aliphatic carbocycles. The van der Waals surface area contributed by atoms with E-state index in [0.29, 0.717) is 0 Å². The minimum absolute atomic E-state index is 0.00835. The molecule has 2 aliphatic heterocycles. The van der Waals surface area contributed by atoms with E-state index < -0.39 is 0 Å². The van der Waals surface area contributed by atoms with Crippen LogP contribution in [0.25, 0.3) is 98.5 Å². The molecule has 0 N–H and O–H groups in total. The highest BCUT2D eigenvalue weighted by Crippen LogP contribution is 2.53. The van der Waals surface area contributed by atoms with Crippen LogP contribution in [0.5, 0.6) is 0 Å². The van der Waals surface area contributed by atoms with Gasteiger partial charge in [-0.25, -0.2) is 0 Å². The third-order valence-corrected chi connectivity index (χ3v) is 19.7. The van der Waals surface area contributed by atoms with Crippen LogP contribution in [-0.2, 0) is 16.2 Å². The summed E-state index contributed by atoms with van der Waals surface area (Å²) in [6.07, 6.45) is 2.32. The van der Waals surface area contributed by atoms with Gasteiger partial charge >= 0.3 is 0 Å². The number of rotatable bonds is 5. The number of anilines is 3. The van der Waals surface area contributed by atoms with E-state index in [0.717, 1.165) is 12.1 Å². The Balaban J connectivity index is 1.09. The van der Waals surface area contributed by atoms with Crippen LogP contribution in [0.2, 0.25) is 0 Å². The molecule has 13 aromatic rings. The fourth-order valence-corrected chi connectivity index (χ4v) is 15.6. The van der Waals surface area contributed by atoms with Crippen LogP contribution in [0.15, 0.2) is 212 Å². The van der Waals surface area contributed by atoms with E-state index in [-0.39, 0.29) is 23.0 Å². The molecular formula is C74H60BN3S. The maximum atomic E-state index is 2.73. The third-order valence-electron chi connectivity index (χ3n) is 18.5. The van der Waals surface area contributed by atoms with Gasteiger partial charge in [-0.1, -0.05) is 182 Å². The molecule has 0 saturated heterocycles. The van der Waals surface area contributed by atoms with Gasteiger partial charge in [-0.05, 0) is 169 Å². The standard InChI is InChI=1S/C74H60BN3S/c1-72(2,3)51-30-35-65-57(43-51)70-71(79-65)75-60-28-19-27-54-55-32-34-62-66(56-26-17-18-29-61(56)76(62)52-24-15-10-16-25-52)69(55)78(68(54)60)64-42-50(49-39-47(45-20-11-8-12-21-45)38-48(40-49)46-22-13-9-14-23-46)41-63(67(64)75)77(70)53-31-33-58-59(44-53)74(6,7)37-36-73(58,4)5/h8-35,38-44H,36-37H2,1-7H3. The lowest BCUT2D eigenvalue weighted by molar-refractivity contribution is 0.332. The van der Waals surface area contributed by atoms with Crippen molar-refractivity contribution in [3.63, 3.8) is 0 Å². The molecule has 3 aliphatic rings. The van der Waals surface area contributed by atoms with Crippen molar-refractivity contribution in [1.29, 1.82) is 0 Å². The summed E-state index contributed by atoms with van der Waals surface area (Å²) in [5.41, 5.74) is 25.4. The Morgan fingerprint density at radius 2 is 1.05 bits per heavy atom. The predicted molar refractivity (Wildman–Crippen MR) is 340 cm³/mol. The summed E-state index contributed by atoms with van der Waals surface area (Å²) in [6.45, 7) is 16.9. The Morgan fingerprint density at radius 3 is 1.76 bits per heavy atom. The van der Waals surface area contributed by atoms with E-state index in [9.17, 15) is 0 Å². The van der Waals surface area contributed by atoms with E-state index in [1.165, 1.54) is 149 Å². The highest BCUT2D eigenvalue weighted by molar-refractivity contribution is 7.33. The van der Waals surface area contributed by atoms with Gasteiger partial charge in [-0.15, -0.1) is 11.3 Å². The minimum atomic E-state index is -0.0330. The van der Waals surface area contributed by atoms with Gasteiger partial charge in [0.05, 0.1) is 22.2 Å².